The molecule has 5 rings (SSSR count). The van der Waals surface area contributed by atoms with Crippen molar-refractivity contribution in [3.8, 4) is 17.3 Å². The first kappa shape index (κ1) is 20.2. The number of hydrogen-bond donors (Lipinski definition) is 2. The molecule has 0 saturated carbocycles. The van der Waals surface area contributed by atoms with Gasteiger partial charge < -0.3 is 19.6 Å². The zero-order chi connectivity index (χ0) is 21.2. The highest BCUT2D eigenvalue weighted by Crippen LogP contribution is 2.30. The molecular weight excluding hydrogens is 409 g/mol. The predicted octanol–water partition coefficient (Wildman–Crippen LogP) is 3.95. The van der Waals surface area contributed by atoms with Gasteiger partial charge in [0.25, 0.3) is 0 Å². The molecule has 0 bridgehead atoms. The minimum Gasteiger partial charge on any atom is -0.486 e. The Hall–Kier alpha value is -2.75. The summed E-state index contributed by atoms with van der Waals surface area (Å²) in [5.41, 5.74) is 3.66. The number of fused-ring (bicyclic) bond motifs is 1. The Kier molecular flexibility index (Phi) is 5.71. The topological polar surface area (TPSA) is 87.2 Å². The number of nitrogens with one attached hydrogen (secondary N) is 1. The molecule has 0 amide bonds. The van der Waals surface area contributed by atoms with Gasteiger partial charge in [0.15, 0.2) is 11.5 Å². The van der Waals surface area contributed by atoms with Crippen LogP contribution in [0.3, 0.4) is 0 Å². The van der Waals surface area contributed by atoms with Gasteiger partial charge in [0.1, 0.15) is 28.6 Å². The summed E-state index contributed by atoms with van der Waals surface area (Å²) in [4.78, 5) is 19.4. The van der Waals surface area contributed by atoms with E-state index in [0.717, 1.165) is 59.4 Å². The third-order valence-corrected chi connectivity index (χ3v) is 6.61. The molecule has 158 valence electrons. The fraction of sp³-hybridized carbons (Fsp3) is 0.318. The highest BCUT2D eigenvalue weighted by molar-refractivity contribution is 7.09. The summed E-state index contributed by atoms with van der Waals surface area (Å²) in [7, 11) is -0.378. The van der Waals surface area contributed by atoms with Gasteiger partial charge in [-0.05, 0) is 62.4 Å². The average Bonchev–Trinajstić information content (AvgIpc) is 3.45. The van der Waals surface area contributed by atoms with E-state index in [9.17, 15) is 5.02 Å². The van der Waals surface area contributed by atoms with Gasteiger partial charge in [-0.25, -0.2) is 15.0 Å². The van der Waals surface area contributed by atoms with Crippen molar-refractivity contribution in [2.45, 2.75) is 32.2 Å². The molecule has 0 spiro atoms. The quantitative estimate of drug-likeness (QED) is 0.448. The van der Waals surface area contributed by atoms with Crippen LogP contribution < -0.4 is 4.74 Å². The molecule has 0 unspecified atom stereocenters. The summed E-state index contributed by atoms with van der Waals surface area (Å²) < 4.78 is 5.79. The Morgan fingerprint density at radius 1 is 1.23 bits per heavy atom. The van der Waals surface area contributed by atoms with E-state index < -0.39 is 0 Å². The van der Waals surface area contributed by atoms with Crippen LogP contribution in [0.4, 0.5) is 0 Å². The number of nitrogens with zero attached hydrogens (tertiary/aromatic N) is 4. The number of thiazole rings is 1. The normalized spacial score (nSPS) is 15.4. The molecular formula is C22H24BN5O2S. The van der Waals surface area contributed by atoms with Crippen molar-refractivity contribution >= 4 is 29.6 Å². The van der Waals surface area contributed by atoms with Crippen molar-refractivity contribution in [2.24, 2.45) is 0 Å². The van der Waals surface area contributed by atoms with Crippen LogP contribution in [-0.4, -0.2) is 49.9 Å². The van der Waals surface area contributed by atoms with E-state index in [0.29, 0.717) is 12.5 Å². The zero-order valence-electron chi connectivity index (χ0n) is 17.4. The number of ether oxygens (including phenoxy) is 1. The summed E-state index contributed by atoms with van der Waals surface area (Å²) in [6, 6.07) is 11.9. The van der Waals surface area contributed by atoms with Gasteiger partial charge in [0.05, 0.1) is 0 Å². The molecule has 31 heavy (non-hydrogen) atoms. The molecule has 4 aromatic rings. The molecule has 1 aromatic carbocycles. The maximum atomic E-state index is 9.77. The van der Waals surface area contributed by atoms with Crippen LogP contribution in [0.2, 0.25) is 6.82 Å². The van der Waals surface area contributed by atoms with E-state index in [1.165, 1.54) is 5.56 Å². The number of hydrogen-bond acceptors (Lipinski definition) is 7. The van der Waals surface area contributed by atoms with E-state index in [1.54, 1.807) is 11.3 Å². The lowest BCUT2D eigenvalue weighted by atomic mass is 9.79. The second kappa shape index (κ2) is 8.78. The van der Waals surface area contributed by atoms with E-state index >= 15 is 0 Å². The molecule has 0 radical (unpaired) electrons. The van der Waals surface area contributed by atoms with E-state index in [4.69, 9.17) is 9.72 Å². The summed E-state index contributed by atoms with van der Waals surface area (Å²) in [6.45, 7) is 4.07. The molecule has 7 nitrogen and oxygen atoms in total. The summed E-state index contributed by atoms with van der Waals surface area (Å²) >= 11 is 1.56. The monoisotopic (exact) mass is 433 g/mol. The molecule has 1 aliphatic rings. The Labute approximate surface area is 185 Å². The third kappa shape index (κ3) is 4.49. The van der Waals surface area contributed by atoms with Gasteiger partial charge in [0.2, 0.25) is 0 Å². The van der Waals surface area contributed by atoms with E-state index in [2.05, 4.69) is 25.8 Å². The minimum absolute atomic E-state index is 0.378. The van der Waals surface area contributed by atoms with E-state index in [1.807, 2.05) is 48.7 Å². The molecule has 9 heteroatoms. The Bertz CT molecular complexity index is 1160. The number of imidazole rings is 1. The molecule has 4 heterocycles. The summed E-state index contributed by atoms with van der Waals surface area (Å²) in [5, 5.41) is 12.7. The number of pyridine rings is 1. The average molecular weight is 433 g/mol. The molecule has 2 N–H and O–H groups in total. The first-order valence-electron chi connectivity index (χ1n) is 10.6. The fourth-order valence-electron chi connectivity index (χ4n) is 4.01. The van der Waals surface area contributed by atoms with Crippen molar-refractivity contribution in [1.82, 2.24) is 24.7 Å². The minimum atomic E-state index is -0.378. The van der Waals surface area contributed by atoms with Crippen LogP contribution in [0.15, 0.2) is 48.0 Å². The predicted molar refractivity (Wildman–Crippen MR) is 123 cm³/mol. The van der Waals surface area contributed by atoms with E-state index in [-0.39, 0.29) is 7.05 Å². The van der Waals surface area contributed by atoms with Gasteiger partial charge in [-0.1, -0.05) is 18.2 Å². The van der Waals surface area contributed by atoms with Crippen LogP contribution in [0, 0.1) is 0 Å². The van der Waals surface area contributed by atoms with Crippen LogP contribution in [0.5, 0.6) is 5.75 Å². The van der Waals surface area contributed by atoms with Crippen LogP contribution in [0.1, 0.15) is 29.3 Å². The first-order chi connectivity index (χ1) is 15.2. The second-order valence-corrected chi connectivity index (χ2v) is 8.83. The summed E-state index contributed by atoms with van der Waals surface area (Å²) in [6.07, 6.45) is 3.99. The lowest BCUT2D eigenvalue weighted by Gasteiger charge is -2.32. The van der Waals surface area contributed by atoms with Gasteiger partial charge >= 0.3 is 7.05 Å². The fourth-order valence-corrected chi connectivity index (χ4v) is 4.70. The van der Waals surface area contributed by atoms with Crippen molar-refractivity contribution in [2.75, 3.05) is 13.1 Å². The molecule has 0 aliphatic carbocycles. The molecule has 1 aliphatic heterocycles. The van der Waals surface area contributed by atoms with Crippen LogP contribution in [-0.2, 0) is 6.61 Å². The smallest absolute Gasteiger partial charge is 0.376 e. The molecule has 0 atom stereocenters. The highest BCUT2D eigenvalue weighted by atomic mass is 32.1. The Morgan fingerprint density at radius 3 is 2.81 bits per heavy atom. The lowest BCUT2D eigenvalue weighted by molar-refractivity contribution is 0.289. The van der Waals surface area contributed by atoms with Crippen molar-refractivity contribution in [3.63, 3.8) is 0 Å². The first-order valence-corrected chi connectivity index (χ1v) is 11.4. The van der Waals surface area contributed by atoms with Crippen molar-refractivity contribution in [1.29, 1.82) is 0 Å². The van der Waals surface area contributed by atoms with Crippen LogP contribution >= 0.6 is 11.3 Å². The standard InChI is InChI=1S/C22H24BN5O2S/c1-23(29)28-9-7-15(8-10-28)16-11-18-21(24-12-16)27-22(26-18)19-14-31-20(25-19)13-30-17-5-3-2-4-6-17/h2-6,11-12,14-15,29H,7-10,13H2,1H3,(H,24,26,27). The Balaban J connectivity index is 1.29. The summed E-state index contributed by atoms with van der Waals surface area (Å²) in [5.74, 6) is 2.01. The second-order valence-electron chi connectivity index (χ2n) is 7.89. The molecule has 1 saturated heterocycles. The zero-order valence-corrected chi connectivity index (χ0v) is 18.2. The number of para-hydroxylation sites is 1. The van der Waals surface area contributed by atoms with Crippen LogP contribution in [0.25, 0.3) is 22.7 Å². The number of piperidine rings is 1. The molecule has 1 fully saturated rings. The largest absolute Gasteiger partial charge is 0.486 e. The van der Waals surface area contributed by atoms with Gasteiger partial charge in [-0.15, -0.1) is 11.3 Å². The SMILES string of the molecule is CB(O)N1CCC(c2cnc3[nH]c(-c4csc(COc5ccccc5)n4)nc3c2)CC1. The number of benzene rings is 1. The maximum absolute atomic E-state index is 9.77. The number of rotatable bonds is 6. The number of aromatic nitrogens is 4. The van der Waals surface area contributed by atoms with Gasteiger partial charge in [0, 0.05) is 11.6 Å². The van der Waals surface area contributed by atoms with Gasteiger partial charge in [-0.2, -0.15) is 0 Å². The van der Waals surface area contributed by atoms with Crippen molar-refractivity contribution in [3.05, 3.63) is 58.5 Å². The lowest BCUT2D eigenvalue weighted by Crippen LogP contribution is -2.42. The maximum Gasteiger partial charge on any atom is 0.376 e. The third-order valence-electron chi connectivity index (χ3n) is 5.79. The molecule has 3 aromatic heterocycles. The number of aromatic amines is 1. The Morgan fingerprint density at radius 2 is 2.03 bits per heavy atom. The van der Waals surface area contributed by atoms with Gasteiger partial charge in [-0.3, -0.25) is 0 Å². The van der Waals surface area contributed by atoms with Crippen molar-refractivity contribution < 1.29 is 9.76 Å². The highest BCUT2D eigenvalue weighted by Gasteiger charge is 2.25. The number of H-pyrrole nitrogens is 1.